The van der Waals surface area contributed by atoms with E-state index in [4.69, 9.17) is 9.84 Å². The van der Waals surface area contributed by atoms with Gasteiger partial charge in [-0.2, -0.15) is 0 Å². The minimum Gasteiger partial charge on any atom is -0.494 e. The Hall–Kier alpha value is -1.89. The van der Waals surface area contributed by atoms with Crippen molar-refractivity contribution in [1.82, 2.24) is 4.98 Å². The Bertz CT molecular complexity index is 753. The van der Waals surface area contributed by atoms with Gasteiger partial charge in [0.2, 0.25) is 0 Å². The van der Waals surface area contributed by atoms with Crippen LogP contribution in [-0.2, 0) is 0 Å². The van der Waals surface area contributed by atoms with Gasteiger partial charge in [-0.25, -0.2) is 9.78 Å². The third-order valence-corrected chi connectivity index (χ3v) is 5.08. The quantitative estimate of drug-likeness (QED) is 0.477. The highest BCUT2D eigenvalue weighted by Crippen LogP contribution is 2.23. The second kappa shape index (κ2) is 15.0. The maximum absolute atomic E-state index is 10.9. The number of unbranched alkanes of at least 4 members (excludes halogenated alkanes) is 3. The van der Waals surface area contributed by atoms with Gasteiger partial charge in [0, 0.05) is 31.9 Å². The molecule has 31 heavy (non-hydrogen) atoms. The lowest BCUT2D eigenvalue weighted by Crippen LogP contribution is -2.46. The summed E-state index contributed by atoms with van der Waals surface area (Å²) >= 11 is 0. The molecule has 0 amide bonds. The van der Waals surface area contributed by atoms with Crippen LogP contribution in [0.3, 0.4) is 0 Å². The highest BCUT2D eigenvalue weighted by atomic mass is 35.5. The fourth-order valence-electron chi connectivity index (χ4n) is 3.39. The number of pyridine rings is 1. The molecule has 0 radical (unpaired) electrons. The summed E-state index contributed by atoms with van der Waals surface area (Å²) in [6.45, 7) is 6.58. The Balaban J connectivity index is 0.00000300. The largest absolute Gasteiger partial charge is 0.494 e. The molecule has 0 spiro atoms. The van der Waals surface area contributed by atoms with E-state index in [-0.39, 0.29) is 42.9 Å². The summed E-state index contributed by atoms with van der Waals surface area (Å²) in [6, 6.07) is 11.7. The van der Waals surface area contributed by atoms with E-state index in [1.54, 1.807) is 12.3 Å². The highest BCUT2D eigenvalue weighted by molar-refractivity contribution is 5.86. The normalized spacial score (nSPS) is 12.8. The van der Waals surface area contributed by atoms with E-state index >= 15 is 0 Å². The van der Waals surface area contributed by atoms with Crippen LogP contribution in [0.4, 0.5) is 11.4 Å². The number of benzene rings is 1. The third-order valence-electron chi connectivity index (χ3n) is 5.08. The number of rotatable bonds is 9. The van der Waals surface area contributed by atoms with Gasteiger partial charge < -0.3 is 19.6 Å². The molecule has 1 saturated heterocycles. The molecule has 1 fully saturated rings. The average Bonchev–Trinajstić information content (AvgIpc) is 2.74. The Morgan fingerprint density at radius 1 is 0.903 bits per heavy atom. The molecular formula is C22H32Cl3N3O3. The molecule has 0 bridgehead atoms. The predicted molar refractivity (Wildman–Crippen MR) is 133 cm³/mol. The fourth-order valence-corrected chi connectivity index (χ4v) is 3.39. The number of hydrogen-bond acceptors (Lipinski definition) is 5. The molecule has 1 aliphatic rings. The van der Waals surface area contributed by atoms with Gasteiger partial charge in [0.05, 0.1) is 18.5 Å². The van der Waals surface area contributed by atoms with Gasteiger partial charge in [-0.05, 0) is 42.8 Å². The minimum atomic E-state index is -0.996. The van der Waals surface area contributed by atoms with Crippen molar-refractivity contribution in [3.8, 4) is 5.75 Å². The van der Waals surface area contributed by atoms with Crippen molar-refractivity contribution in [3.63, 3.8) is 0 Å². The first-order valence-corrected chi connectivity index (χ1v) is 10.1. The molecule has 1 aromatic heterocycles. The van der Waals surface area contributed by atoms with Crippen molar-refractivity contribution in [2.24, 2.45) is 0 Å². The van der Waals surface area contributed by atoms with Gasteiger partial charge in [0.15, 0.2) is 0 Å². The molecule has 1 N–H and O–H groups in total. The van der Waals surface area contributed by atoms with Crippen molar-refractivity contribution in [2.45, 2.75) is 32.6 Å². The van der Waals surface area contributed by atoms with Crippen molar-refractivity contribution in [1.29, 1.82) is 0 Å². The number of hydrogen-bond donors (Lipinski definition) is 1. The zero-order valence-corrected chi connectivity index (χ0v) is 20.2. The van der Waals surface area contributed by atoms with Gasteiger partial charge in [-0.3, -0.25) is 0 Å². The van der Waals surface area contributed by atoms with E-state index in [2.05, 4.69) is 46.0 Å². The van der Waals surface area contributed by atoms with Gasteiger partial charge in [0.1, 0.15) is 11.4 Å². The van der Waals surface area contributed by atoms with Crippen LogP contribution in [0.1, 0.15) is 43.1 Å². The number of nitrogens with zero attached hydrogens (tertiary/aromatic N) is 3. The van der Waals surface area contributed by atoms with Gasteiger partial charge in [0.25, 0.3) is 0 Å². The van der Waals surface area contributed by atoms with E-state index < -0.39 is 5.97 Å². The van der Waals surface area contributed by atoms with Crippen LogP contribution < -0.4 is 14.5 Å². The molecule has 174 valence electrons. The monoisotopic (exact) mass is 491 g/mol. The molecule has 2 heterocycles. The zero-order valence-electron chi connectivity index (χ0n) is 17.7. The molecule has 0 saturated carbocycles. The van der Waals surface area contributed by atoms with Crippen molar-refractivity contribution in [3.05, 3.63) is 48.3 Å². The van der Waals surface area contributed by atoms with Crippen LogP contribution in [0.15, 0.2) is 42.6 Å². The molecule has 1 aliphatic heterocycles. The number of halogens is 3. The maximum atomic E-state index is 10.9. The number of carboxylic acids is 1. The summed E-state index contributed by atoms with van der Waals surface area (Å²) in [5.41, 5.74) is 2.25. The summed E-state index contributed by atoms with van der Waals surface area (Å²) in [5, 5.41) is 8.96. The Morgan fingerprint density at radius 3 is 2.00 bits per heavy atom. The molecule has 1 aromatic carbocycles. The van der Waals surface area contributed by atoms with Gasteiger partial charge in [-0.1, -0.05) is 26.2 Å². The van der Waals surface area contributed by atoms with E-state index in [0.717, 1.165) is 50.6 Å². The molecule has 0 unspecified atom stereocenters. The van der Waals surface area contributed by atoms with Crippen LogP contribution in [-0.4, -0.2) is 48.8 Å². The molecular weight excluding hydrogens is 461 g/mol. The maximum Gasteiger partial charge on any atom is 0.354 e. The highest BCUT2D eigenvalue weighted by Gasteiger charge is 2.18. The van der Waals surface area contributed by atoms with Crippen molar-refractivity contribution in [2.75, 3.05) is 42.6 Å². The lowest BCUT2D eigenvalue weighted by Gasteiger charge is -2.37. The molecule has 0 atom stereocenters. The van der Waals surface area contributed by atoms with Crippen molar-refractivity contribution >= 4 is 54.6 Å². The fraction of sp³-hybridized carbons (Fsp3) is 0.455. The number of carboxylic acid groups (broad SMARTS) is 1. The lowest BCUT2D eigenvalue weighted by molar-refractivity contribution is 0.0690. The average molecular weight is 493 g/mol. The van der Waals surface area contributed by atoms with Gasteiger partial charge in [-0.15, -0.1) is 37.2 Å². The van der Waals surface area contributed by atoms with Crippen LogP contribution >= 0.6 is 37.2 Å². The summed E-state index contributed by atoms with van der Waals surface area (Å²) < 4.78 is 5.82. The molecule has 6 nitrogen and oxygen atoms in total. The summed E-state index contributed by atoms with van der Waals surface area (Å²) in [4.78, 5) is 19.5. The second-order valence-corrected chi connectivity index (χ2v) is 7.08. The number of aromatic carboxylic acids is 1. The smallest absolute Gasteiger partial charge is 0.354 e. The molecule has 2 aromatic rings. The first-order chi connectivity index (χ1) is 13.7. The first-order valence-electron chi connectivity index (χ1n) is 10.1. The third kappa shape index (κ3) is 8.63. The molecule has 9 heteroatoms. The van der Waals surface area contributed by atoms with Gasteiger partial charge >= 0.3 is 5.97 Å². The van der Waals surface area contributed by atoms with Crippen LogP contribution in [0.2, 0.25) is 0 Å². The van der Waals surface area contributed by atoms with Crippen LogP contribution in [0.25, 0.3) is 0 Å². The Morgan fingerprint density at radius 2 is 1.48 bits per heavy atom. The van der Waals surface area contributed by atoms with Crippen molar-refractivity contribution < 1.29 is 14.6 Å². The summed E-state index contributed by atoms with van der Waals surface area (Å²) in [5.74, 6) is -0.0618. The number of ether oxygens (including phenoxy) is 1. The Kier molecular flexibility index (Phi) is 14.1. The molecule has 3 rings (SSSR count). The number of carbonyl (C=O) groups is 1. The van der Waals surface area contributed by atoms with E-state index in [0.29, 0.717) is 0 Å². The van der Waals surface area contributed by atoms with Crippen LogP contribution in [0.5, 0.6) is 5.75 Å². The first kappa shape index (κ1) is 29.1. The summed E-state index contributed by atoms with van der Waals surface area (Å²) in [6.07, 6.45) is 6.50. The standard InChI is InChI=1S/C22H29N3O3.3ClH/c1-2-3-4-5-16-28-20-9-6-18(7-10-20)24-12-14-25(15-13-24)19-8-11-21(22(26)27)23-17-19;;;/h6-11,17H,2-5,12-16H2,1H3,(H,26,27);3*1H. The second-order valence-electron chi connectivity index (χ2n) is 7.08. The zero-order chi connectivity index (χ0) is 19.8. The summed E-state index contributed by atoms with van der Waals surface area (Å²) in [7, 11) is 0. The predicted octanol–water partition coefficient (Wildman–Crippen LogP) is 5.33. The van der Waals surface area contributed by atoms with E-state index in [1.807, 2.05) is 6.07 Å². The SMILES string of the molecule is CCCCCCOc1ccc(N2CCN(c3ccc(C(=O)O)nc3)CC2)cc1.Cl.Cl.Cl. The topological polar surface area (TPSA) is 65.9 Å². The van der Waals surface area contributed by atoms with E-state index in [1.165, 1.54) is 24.9 Å². The molecule has 0 aliphatic carbocycles. The number of aromatic nitrogens is 1. The Labute approximate surface area is 203 Å². The van der Waals surface area contributed by atoms with Crippen LogP contribution in [0, 0.1) is 0 Å². The number of piperazine rings is 1. The lowest BCUT2D eigenvalue weighted by atomic mass is 10.2. The minimum absolute atomic E-state index is 0. The number of anilines is 2. The van der Waals surface area contributed by atoms with E-state index in [9.17, 15) is 4.79 Å².